The number of fused-ring (bicyclic) bond motifs is 1. The van der Waals surface area contributed by atoms with E-state index in [2.05, 4.69) is 21.8 Å². The third-order valence-corrected chi connectivity index (χ3v) is 4.50. The predicted molar refractivity (Wildman–Crippen MR) is 85.0 cm³/mol. The van der Waals surface area contributed by atoms with E-state index in [1.807, 2.05) is 6.07 Å². The van der Waals surface area contributed by atoms with E-state index in [-0.39, 0.29) is 17.2 Å². The van der Waals surface area contributed by atoms with Crippen molar-refractivity contribution >= 4 is 38.3 Å². The van der Waals surface area contributed by atoms with Crippen LogP contribution < -0.4 is 4.90 Å². The number of halogens is 1. The van der Waals surface area contributed by atoms with E-state index >= 15 is 0 Å². The van der Waals surface area contributed by atoms with Gasteiger partial charge in [-0.1, -0.05) is 0 Å². The van der Waals surface area contributed by atoms with Gasteiger partial charge in [0.25, 0.3) is 0 Å². The van der Waals surface area contributed by atoms with E-state index < -0.39 is 9.84 Å². The Labute approximate surface area is 133 Å². The normalized spacial score (nSPS) is 19.8. The Kier molecular flexibility index (Phi) is 4.00. The molecular formula is C13H17ClN4O3S. The Bertz CT molecular complexity index is 805. The lowest BCUT2D eigenvalue weighted by Gasteiger charge is -2.34. The van der Waals surface area contributed by atoms with Crippen LogP contribution in [-0.2, 0) is 20.5 Å². The van der Waals surface area contributed by atoms with E-state index in [0.29, 0.717) is 25.4 Å². The van der Waals surface area contributed by atoms with Crippen LogP contribution in [0.4, 0.5) is 5.82 Å². The summed E-state index contributed by atoms with van der Waals surface area (Å²) in [6.07, 6.45) is 2.89. The first kappa shape index (κ1) is 15.5. The Balaban J connectivity index is 2.11. The minimum Gasteiger partial charge on any atom is -0.377 e. The van der Waals surface area contributed by atoms with Crippen LogP contribution in [0.2, 0.25) is 5.28 Å². The van der Waals surface area contributed by atoms with Gasteiger partial charge in [0.05, 0.1) is 24.6 Å². The standard InChI is InChI=1S/C13H17ClN4O3S/c1-9-7-21-6-5-18(9)12-10-3-4-17(8-22(2,19)20)11(10)15-13(14)16-12/h3-4,9H,5-8H2,1-2H3/t9-/m1/s1. The first-order valence-corrected chi connectivity index (χ1v) is 9.33. The molecule has 9 heteroatoms. The Morgan fingerprint density at radius 2 is 2.23 bits per heavy atom. The van der Waals surface area contributed by atoms with Crippen LogP contribution in [0.25, 0.3) is 11.0 Å². The van der Waals surface area contributed by atoms with Gasteiger partial charge < -0.3 is 14.2 Å². The molecule has 1 saturated heterocycles. The Morgan fingerprint density at radius 3 is 2.91 bits per heavy atom. The molecule has 0 radical (unpaired) electrons. The highest BCUT2D eigenvalue weighted by Crippen LogP contribution is 2.29. The highest BCUT2D eigenvalue weighted by molar-refractivity contribution is 7.89. The van der Waals surface area contributed by atoms with Crippen LogP contribution in [0.1, 0.15) is 6.92 Å². The van der Waals surface area contributed by atoms with Gasteiger partial charge in [-0.25, -0.2) is 8.42 Å². The quantitative estimate of drug-likeness (QED) is 0.781. The molecule has 0 aromatic carbocycles. The molecule has 0 saturated carbocycles. The molecule has 1 atom stereocenters. The molecule has 0 bridgehead atoms. The van der Waals surface area contributed by atoms with Crippen molar-refractivity contribution in [1.29, 1.82) is 0 Å². The summed E-state index contributed by atoms with van der Waals surface area (Å²) in [5, 5.41) is 0.899. The van der Waals surface area contributed by atoms with Crippen molar-refractivity contribution in [1.82, 2.24) is 14.5 Å². The highest BCUT2D eigenvalue weighted by Gasteiger charge is 2.24. The molecule has 22 heavy (non-hydrogen) atoms. The fourth-order valence-electron chi connectivity index (χ4n) is 2.64. The molecule has 0 aliphatic carbocycles. The number of nitrogens with zero attached hydrogens (tertiary/aromatic N) is 4. The van der Waals surface area contributed by atoms with E-state index in [0.717, 1.165) is 11.2 Å². The molecule has 0 N–H and O–H groups in total. The van der Waals surface area contributed by atoms with Crippen LogP contribution in [0.15, 0.2) is 12.3 Å². The number of hydrogen-bond donors (Lipinski definition) is 0. The van der Waals surface area contributed by atoms with Crippen molar-refractivity contribution < 1.29 is 13.2 Å². The zero-order valence-corrected chi connectivity index (χ0v) is 13.9. The molecule has 1 aliphatic heterocycles. The Morgan fingerprint density at radius 1 is 1.45 bits per heavy atom. The first-order chi connectivity index (χ1) is 10.3. The SMILES string of the molecule is C[C@@H]1COCCN1c1nc(Cl)nc2c1ccn2CS(C)(=O)=O. The maximum atomic E-state index is 11.5. The second-order valence-electron chi connectivity index (χ2n) is 5.51. The van der Waals surface area contributed by atoms with Crippen molar-refractivity contribution in [3.8, 4) is 0 Å². The van der Waals surface area contributed by atoms with E-state index in [1.54, 1.807) is 10.8 Å². The highest BCUT2D eigenvalue weighted by atomic mass is 35.5. The van der Waals surface area contributed by atoms with Gasteiger partial charge >= 0.3 is 0 Å². The molecule has 3 heterocycles. The van der Waals surface area contributed by atoms with Crippen molar-refractivity contribution in [3.63, 3.8) is 0 Å². The summed E-state index contributed by atoms with van der Waals surface area (Å²) in [7, 11) is -3.17. The number of morpholine rings is 1. The zero-order chi connectivity index (χ0) is 15.9. The summed E-state index contributed by atoms with van der Waals surface area (Å²) in [4.78, 5) is 10.7. The molecule has 1 aliphatic rings. The molecule has 0 unspecified atom stereocenters. The second kappa shape index (κ2) is 5.68. The van der Waals surface area contributed by atoms with Crippen molar-refractivity contribution in [2.45, 2.75) is 18.8 Å². The fraction of sp³-hybridized carbons (Fsp3) is 0.538. The summed E-state index contributed by atoms with van der Waals surface area (Å²) >= 11 is 6.05. The van der Waals surface area contributed by atoms with Gasteiger partial charge in [0.1, 0.15) is 17.3 Å². The second-order valence-corrected chi connectivity index (χ2v) is 7.96. The number of sulfone groups is 1. The molecule has 120 valence electrons. The number of ether oxygens (including phenoxy) is 1. The van der Waals surface area contributed by atoms with Crippen LogP contribution in [-0.4, -0.2) is 55.0 Å². The zero-order valence-electron chi connectivity index (χ0n) is 12.4. The summed E-state index contributed by atoms with van der Waals surface area (Å²) in [6.45, 7) is 4.00. The van der Waals surface area contributed by atoms with Gasteiger partial charge in [0, 0.05) is 19.0 Å². The van der Waals surface area contributed by atoms with Crippen molar-refractivity contribution in [2.75, 3.05) is 30.9 Å². The van der Waals surface area contributed by atoms with Gasteiger partial charge in [0.15, 0.2) is 9.84 Å². The number of hydrogen-bond acceptors (Lipinski definition) is 6. The summed E-state index contributed by atoms with van der Waals surface area (Å²) < 4.78 is 30.1. The van der Waals surface area contributed by atoms with Gasteiger partial charge in [0.2, 0.25) is 5.28 Å². The maximum Gasteiger partial charge on any atom is 0.226 e. The monoisotopic (exact) mass is 344 g/mol. The average Bonchev–Trinajstić information content (AvgIpc) is 2.80. The lowest BCUT2D eigenvalue weighted by Crippen LogP contribution is -2.44. The smallest absolute Gasteiger partial charge is 0.226 e. The van der Waals surface area contributed by atoms with Crippen LogP contribution in [0.5, 0.6) is 0 Å². The largest absolute Gasteiger partial charge is 0.377 e. The summed E-state index contributed by atoms with van der Waals surface area (Å²) in [6, 6.07) is 2.00. The summed E-state index contributed by atoms with van der Waals surface area (Å²) in [5.41, 5.74) is 0.527. The molecule has 2 aromatic heterocycles. The third kappa shape index (κ3) is 3.04. The van der Waals surface area contributed by atoms with Gasteiger partial charge in [-0.3, -0.25) is 0 Å². The molecule has 7 nitrogen and oxygen atoms in total. The van der Waals surface area contributed by atoms with Crippen LogP contribution in [0.3, 0.4) is 0 Å². The van der Waals surface area contributed by atoms with Gasteiger partial charge in [-0.2, -0.15) is 9.97 Å². The number of rotatable bonds is 3. The van der Waals surface area contributed by atoms with E-state index in [9.17, 15) is 8.42 Å². The third-order valence-electron chi connectivity index (χ3n) is 3.58. The van der Waals surface area contributed by atoms with E-state index in [4.69, 9.17) is 16.3 Å². The minimum absolute atomic E-state index is 0.106. The summed E-state index contributed by atoms with van der Waals surface area (Å²) in [5.74, 6) is 0.583. The molecular weight excluding hydrogens is 328 g/mol. The number of anilines is 1. The maximum absolute atomic E-state index is 11.5. The topological polar surface area (TPSA) is 77.3 Å². The van der Waals surface area contributed by atoms with Crippen LogP contribution >= 0.6 is 11.6 Å². The minimum atomic E-state index is -3.17. The molecule has 0 amide bonds. The molecule has 3 rings (SSSR count). The Hall–Kier alpha value is -1.38. The predicted octanol–water partition coefficient (Wildman–Crippen LogP) is 1.31. The lowest BCUT2D eigenvalue weighted by molar-refractivity contribution is 0.0987. The van der Waals surface area contributed by atoms with Gasteiger partial charge in [-0.15, -0.1) is 0 Å². The van der Waals surface area contributed by atoms with Crippen LogP contribution in [0, 0.1) is 0 Å². The van der Waals surface area contributed by atoms with Crippen molar-refractivity contribution in [2.24, 2.45) is 0 Å². The average molecular weight is 345 g/mol. The van der Waals surface area contributed by atoms with E-state index in [1.165, 1.54) is 6.26 Å². The molecule has 1 fully saturated rings. The lowest BCUT2D eigenvalue weighted by atomic mass is 10.2. The molecule has 2 aromatic rings. The van der Waals surface area contributed by atoms with Crippen molar-refractivity contribution in [3.05, 3.63) is 17.5 Å². The fourth-order valence-corrected chi connectivity index (χ4v) is 3.51. The molecule has 0 spiro atoms. The van der Waals surface area contributed by atoms with Gasteiger partial charge in [-0.05, 0) is 24.6 Å². The first-order valence-electron chi connectivity index (χ1n) is 6.89. The number of aromatic nitrogens is 3.